The maximum atomic E-state index is 11.5. The van der Waals surface area contributed by atoms with E-state index in [1.165, 1.54) is 0 Å². The summed E-state index contributed by atoms with van der Waals surface area (Å²) in [5, 5.41) is 0. The Morgan fingerprint density at radius 2 is 1.76 bits per heavy atom. The number of hydrogen-bond donors (Lipinski definition) is 0. The van der Waals surface area contributed by atoms with Gasteiger partial charge in [0.05, 0.1) is 19.6 Å². The number of carbonyl (C=O) groups excluding carboxylic acids is 1. The molecule has 94 valence electrons. The lowest BCUT2D eigenvalue weighted by Crippen LogP contribution is -2.13. The van der Waals surface area contributed by atoms with Crippen LogP contribution in [0.15, 0.2) is 24.3 Å². The standard InChI is InChI=1S/C14H20O3/c1-10(2)17-14(15)9-11(3)12-5-7-13(16-4)8-6-12/h5-8,10-11H,9H2,1-4H3. The third-order valence-electron chi connectivity index (χ3n) is 2.52. The molecule has 0 heterocycles. The van der Waals surface area contributed by atoms with Crippen LogP contribution in [-0.2, 0) is 9.53 Å². The van der Waals surface area contributed by atoms with E-state index in [0.717, 1.165) is 11.3 Å². The highest BCUT2D eigenvalue weighted by Gasteiger charge is 2.13. The Labute approximate surface area is 103 Å². The first-order chi connectivity index (χ1) is 8.02. The summed E-state index contributed by atoms with van der Waals surface area (Å²) in [6.45, 7) is 5.73. The summed E-state index contributed by atoms with van der Waals surface area (Å²) in [5.74, 6) is 0.834. The van der Waals surface area contributed by atoms with Gasteiger partial charge < -0.3 is 9.47 Å². The highest BCUT2D eigenvalue weighted by atomic mass is 16.5. The molecule has 17 heavy (non-hydrogen) atoms. The topological polar surface area (TPSA) is 35.5 Å². The Balaban J connectivity index is 2.56. The third kappa shape index (κ3) is 4.47. The second-order valence-electron chi connectivity index (χ2n) is 4.42. The predicted molar refractivity (Wildman–Crippen MR) is 67.3 cm³/mol. The van der Waals surface area contributed by atoms with E-state index in [9.17, 15) is 4.79 Å². The summed E-state index contributed by atoms with van der Waals surface area (Å²) in [5.41, 5.74) is 1.12. The van der Waals surface area contributed by atoms with Gasteiger partial charge in [0.15, 0.2) is 0 Å². The minimum Gasteiger partial charge on any atom is -0.497 e. The summed E-state index contributed by atoms with van der Waals surface area (Å²) >= 11 is 0. The quantitative estimate of drug-likeness (QED) is 0.737. The number of esters is 1. The number of benzene rings is 1. The van der Waals surface area contributed by atoms with Gasteiger partial charge in [-0.15, -0.1) is 0 Å². The highest BCUT2D eigenvalue weighted by molar-refractivity contribution is 5.70. The zero-order valence-corrected chi connectivity index (χ0v) is 10.9. The lowest BCUT2D eigenvalue weighted by atomic mass is 9.98. The molecule has 0 aliphatic rings. The SMILES string of the molecule is COc1ccc(C(C)CC(=O)OC(C)C)cc1. The molecular weight excluding hydrogens is 216 g/mol. The highest BCUT2D eigenvalue weighted by Crippen LogP contribution is 2.22. The lowest BCUT2D eigenvalue weighted by Gasteiger charge is -2.13. The van der Waals surface area contributed by atoms with Crippen LogP contribution >= 0.6 is 0 Å². The van der Waals surface area contributed by atoms with Crippen molar-refractivity contribution in [1.82, 2.24) is 0 Å². The van der Waals surface area contributed by atoms with Gasteiger partial charge >= 0.3 is 5.97 Å². The van der Waals surface area contributed by atoms with Crippen LogP contribution in [0.2, 0.25) is 0 Å². The lowest BCUT2D eigenvalue weighted by molar-refractivity contribution is -0.147. The summed E-state index contributed by atoms with van der Waals surface area (Å²) in [6, 6.07) is 7.76. The molecule has 0 aliphatic heterocycles. The van der Waals surface area contributed by atoms with E-state index >= 15 is 0 Å². The van der Waals surface area contributed by atoms with Crippen molar-refractivity contribution in [2.45, 2.75) is 39.2 Å². The van der Waals surface area contributed by atoms with E-state index in [4.69, 9.17) is 9.47 Å². The van der Waals surface area contributed by atoms with Crippen LogP contribution in [-0.4, -0.2) is 19.2 Å². The Hall–Kier alpha value is -1.51. The van der Waals surface area contributed by atoms with Gasteiger partial charge in [0.1, 0.15) is 5.75 Å². The second kappa shape index (κ2) is 6.28. The average molecular weight is 236 g/mol. The molecular formula is C14H20O3. The number of ether oxygens (including phenoxy) is 2. The Kier molecular flexibility index (Phi) is 5.01. The first kappa shape index (κ1) is 13.6. The second-order valence-corrected chi connectivity index (χ2v) is 4.42. The van der Waals surface area contributed by atoms with Gasteiger partial charge in [-0.1, -0.05) is 19.1 Å². The smallest absolute Gasteiger partial charge is 0.306 e. The zero-order valence-electron chi connectivity index (χ0n) is 10.9. The van der Waals surface area contributed by atoms with E-state index in [2.05, 4.69) is 0 Å². The predicted octanol–water partition coefficient (Wildman–Crippen LogP) is 3.14. The molecule has 0 fully saturated rings. The molecule has 3 heteroatoms. The molecule has 1 unspecified atom stereocenters. The minimum absolute atomic E-state index is 0.0504. The molecule has 1 atom stereocenters. The maximum Gasteiger partial charge on any atom is 0.306 e. The van der Waals surface area contributed by atoms with Gasteiger partial charge in [-0.05, 0) is 37.5 Å². The number of carbonyl (C=O) groups is 1. The summed E-state index contributed by atoms with van der Waals surface area (Å²) in [4.78, 5) is 11.5. The van der Waals surface area contributed by atoms with Crippen molar-refractivity contribution in [2.24, 2.45) is 0 Å². The van der Waals surface area contributed by atoms with Gasteiger partial charge in [-0.25, -0.2) is 0 Å². The minimum atomic E-state index is -0.150. The summed E-state index contributed by atoms with van der Waals surface area (Å²) in [7, 11) is 1.64. The van der Waals surface area contributed by atoms with E-state index in [1.807, 2.05) is 45.0 Å². The fourth-order valence-corrected chi connectivity index (χ4v) is 1.61. The zero-order chi connectivity index (χ0) is 12.8. The third-order valence-corrected chi connectivity index (χ3v) is 2.52. The summed E-state index contributed by atoms with van der Waals surface area (Å²) < 4.78 is 10.2. The Bertz CT molecular complexity index is 354. The van der Waals surface area contributed by atoms with Crippen molar-refractivity contribution in [1.29, 1.82) is 0 Å². The molecule has 0 bridgehead atoms. The van der Waals surface area contributed by atoms with E-state index < -0.39 is 0 Å². The normalized spacial score (nSPS) is 12.3. The van der Waals surface area contributed by atoms with Crippen LogP contribution in [0.4, 0.5) is 0 Å². The molecule has 0 saturated heterocycles. The van der Waals surface area contributed by atoms with Crippen LogP contribution in [0, 0.1) is 0 Å². The Morgan fingerprint density at radius 3 is 2.24 bits per heavy atom. The van der Waals surface area contributed by atoms with Crippen LogP contribution in [0.25, 0.3) is 0 Å². The summed E-state index contributed by atoms with van der Waals surface area (Å²) in [6.07, 6.45) is 0.357. The van der Waals surface area contributed by atoms with Crippen LogP contribution in [0.5, 0.6) is 5.75 Å². The van der Waals surface area contributed by atoms with Crippen molar-refractivity contribution >= 4 is 5.97 Å². The number of methoxy groups -OCH3 is 1. The largest absolute Gasteiger partial charge is 0.497 e. The molecule has 0 saturated carbocycles. The van der Waals surface area contributed by atoms with Crippen molar-refractivity contribution in [3.8, 4) is 5.75 Å². The molecule has 0 spiro atoms. The fraction of sp³-hybridized carbons (Fsp3) is 0.500. The molecule has 1 rings (SSSR count). The molecule has 0 N–H and O–H groups in total. The fourth-order valence-electron chi connectivity index (χ4n) is 1.61. The van der Waals surface area contributed by atoms with Gasteiger partial charge in [0.2, 0.25) is 0 Å². The molecule has 0 aliphatic carbocycles. The van der Waals surface area contributed by atoms with Gasteiger partial charge in [0, 0.05) is 0 Å². The molecule has 3 nitrogen and oxygen atoms in total. The van der Waals surface area contributed by atoms with Crippen LogP contribution in [0.3, 0.4) is 0 Å². The number of hydrogen-bond acceptors (Lipinski definition) is 3. The van der Waals surface area contributed by atoms with Crippen molar-refractivity contribution < 1.29 is 14.3 Å². The van der Waals surface area contributed by atoms with E-state index in [0.29, 0.717) is 6.42 Å². The van der Waals surface area contributed by atoms with Crippen molar-refractivity contribution in [3.63, 3.8) is 0 Å². The van der Waals surface area contributed by atoms with Crippen LogP contribution < -0.4 is 4.74 Å². The van der Waals surface area contributed by atoms with Gasteiger partial charge in [0.25, 0.3) is 0 Å². The molecule has 0 aromatic heterocycles. The van der Waals surface area contributed by atoms with Crippen molar-refractivity contribution in [3.05, 3.63) is 29.8 Å². The maximum absolute atomic E-state index is 11.5. The van der Waals surface area contributed by atoms with Gasteiger partial charge in [-0.3, -0.25) is 4.79 Å². The Morgan fingerprint density at radius 1 is 1.18 bits per heavy atom. The van der Waals surface area contributed by atoms with Gasteiger partial charge in [-0.2, -0.15) is 0 Å². The van der Waals surface area contributed by atoms with Crippen molar-refractivity contribution in [2.75, 3.05) is 7.11 Å². The number of rotatable bonds is 5. The van der Waals surface area contributed by atoms with E-state index in [-0.39, 0.29) is 18.0 Å². The molecule has 1 aromatic rings. The molecule has 1 aromatic carbocycles. The molecule has 0 radical (unpaired) electrons. The molecule has 0 amide bonds. The first-order valence-electron chi connectivity index (χ1n) is 5.86. The average Bonchev–Trinajstić information content (AvgIpc) is 2.28. The monoisotopic (exact) mass is 236 g/mol. The van der Waals surface area contributed by atoms with E-state index in [1.54, 1.807) is 7.11 Å². The van der Waals surface area contributed by atoms with Crippen LogP contribution in [0.1, 0.15) is 38.7 Å². The first-order valence-corrected chi connectivity index (χ1v) is 5.86.